The lowest BCUT2D eigenvalue weighted by atomic mass is 9.97. The number of ether oxygens (including phenoxy) is 1. The first kappa shape index (κ1) is 16.9. The minimum absolute atomic E-state index is 0.116. The lowest BCUT2D eigenvalue weighted by molar-refractivity contribution is 0.0957. The fraction of sp³-hybridized carbons (Fsp3) is 0.714. The summed E-state index contributed by atoms with van der Waals surface area (Å²) in [5.74, 6) is 0. The van der Waals surface area contributed by atoms with Crippen molar-refractivity contribution in [2.75, 3.05) is 13.2 Å². The van der Waals surface area contributed by atoms with E-state index < -0.39 is 15.6 Å². The quantitative estimate of drug-likeness (QED) is 0.836. The molecule has 1 aromatic heterocycles. The van der Waals surface area contributed by atoms with Crippen molar-refractivity contribution in [3.05, 3.63) is 16.5 Å². The van der Waals surface area contributed by atoms with Gasteiger partial charge in [-0.05, 0) is 45.4 Å². The summed E-state index contributed by atoms with van der Waals surface area (Å²) >= 11 is 1.34. The van der Waals surface area contributed by atoms with Crippen molar-refractivity contribution in [1.29, 1.82) is 0 Å². The first-order valence-electron chi connectivity index (χ1n) is 7.24. The van der Waals surface area contributed by atoms with Gasteiger partial charge in [-0.15, -0.1) is 11.3 Å². The zero-order valence-corrected chi connectivity index (χ0v) is 14.7. The van der Waals surface area contributed by atoms with Crippen LogP contribution in [0.25, 0.3) is 0 Å². The predicted octanol–water partition coefficient (Wildman–Crippen LogP) is 2.01. The number of hydrogen-bond donors (Lipinski definition) is 2. The minimum atomic E-state index is -3.50. The number of rotatable bonds is 6. The van der Waals surface area contributed by atoms with Gasteiger partial charge in [-0.25, -0.2) is 13.1 Å². The molecule has 1 aliphatic rings. The summed E-state index contributed by atoms with van der Waals surface area (Å²) in [5.41, 5.74) is 0.487. The molecule has 5 nitrogen and oxygen atoms in total. The van der Waals surface area contributed by atoms with Crippen molar-refractivity contribution in [2.24, 2.45) is 0 Å². The van der Waals surface area contributed by atoms with Gasteiger partial charge in [0, 0.05) is 18.0 Å². The smallest absolute Gasteiger partial charge is 0.250 e. The van der Waals surface area contributed by atoms with E-state index >= 15 is 0 Å². The molecule has 1 saturated heterocycles. The monoisotopic (exact) mass is 332 g/mol. The third-order valence-electron chi connectivity index (χ3n) is 4.05. The van der Waals surface area contributed by atoms with Gasteiger partial charge in [-0.3, -0.25) is 0 Å². The highest BCUT2D eigenvalue weighted by Crippen LogP contribution is 2.30. The highest BCUT2D eigenvalue weighted by Gasteiger charge is 2.41. The second kappa shape index (κ2) is 6.34. The van der Waals surface area contributed by atoms with Crippen molar-refractivity contribution in [1.82, 2.24) is 10.0 Å². The maximum Gasteiger partial charge on any atom is 0.250 e. The third-order valence-corrected chi connectivity index (χ3v) is 7.38. The van der Waals surface area contributed by atoms with E-state index in [0.717, 1.165) is 17.0 Å². The highest BCUT2D eigenvalue weighted by atomic mass is 32.2. The van der Waals surface area contributed by atoms with Crippen LogP contribution >= 0.6 is 11.3 Å². The van der Waals surface area contributed by atoms with Crippen molar-refractivity contribution in [3.8, 4) is 0 Å². The molecule has 0 aliphatic carbocycles. The first-order chi connectivity index (χ1) is 9.78. The van der Waals surface area contributed by atoms with E-state index in [1.165, 1.54) is 11.3 Å². The second-order valence-corrected chi connectivity index (χ2v) is 8.78. The molecule has 0 amide bonds. The zero-order valence-electron chi connectivity index (χ0n) is 13.0. The van der Waals surface area contributed by atoms with Crippen LogP contribution in [0.3, 0.4) is 0 Å². The summed E-state index contributed by atoms with van der Waals surface area (Å²) in [7, 11) is -3.50. The van der Waals surface area contributed by atoms with E-state index in [2.05, 4.69) is 10.0 Å². The van der Waals surface area contributed by atoms with Crippen LogP contribution in [-0.4, -0.2) is 33.2 Å². The number of hydrogen-bond acceptors (Lipinski definition) is 5. The molecular weight excluding hydrogens is 308 g/mol. The lowest BCUT2D eigenvalue weighted by Gasteiger charge is -2.28. The van der Waals surface area contributed by atoms with Crippen LogP contribution in [0, 0.1) is 6.92 Å². The molecule has 2 atom stereocenters. The Morgan fingerprint density at radius 3 is 2.81 bits per heavy atom. The van der Waals surface area contributed by atoms with Crippen LogP contribution in [0.1, 0.15) is 37.6 Å². The number of sulfonamides is 1. The largest absolute Gasteiger partial charge is 0.376 e. The van der Waals surface area contributed by atoms with Crippen molar-refractivity contribution < 1.29 is 13.2 Å². The standard InChI is InChI=1S/C14H24N2O3S2/c1-5-15-9-12-10(2)8-13(20-12)21(17,18)16-14(4)6-7-19-11(14)3/h8,11,15-16H,5-7,9H2,1-4H3. The molecule has 1 fully saturated rings. The van der Waals surface area contributed by atoms with Crippen LogP contribution in [-0.2, 0) is 21.3 Å². The molecule has 2 N–H and O–H groups in total. The molecule has 2 heterocycles. The summed E-state index contributed by atoms with van der Waals surface area (Å²) in [5, 5.41) is 3.23. The van der Waals surface area contributed by atoms with Crippen LogP contribution in [0.2, 0.25) is 0 Å². The Hall–Kier alpha value is -0.470. The van der Waals surface area contributed by atoms with Gasteiger partial charge in [0.05, 0.1) is 11.6 Å². The Morgan fingerprint density at radius 2 is 2.24 bits per heavy atom. The normalized spacial score (nSPS) is 26.4. The number of thiophene rings is 1. The molecule has 0 bridgehead atoms. The van der Waals surface area contributed by atoms with Crippen molar-refractivity contribution in [2.45, 2.75) is 56.5 Å². The van der Waals surface area contributed by atoms with Crippen LogP contribution < -0.4 is 10.0 Å². The average molecular weight is 332 g/mol. The SMILES string of the molecule is CCNCc1sc(S(=O)(=O)NC2(C)CCOC2C)cc1C. The molecule has 21 heavy (non-hydrogen) atoms. The third kappa shape index (κ3) is 3.65. The molecule has 0 saturated carbocycles. The molecule has 0 spiro atoms. The van der Waals surface area contributed by atoms with E-state index in [0.29, 0.717) is 23.8 Å². The van der Waals surface area contributed by atoms with Gasteiger partial charge in [-0.1, -0.05) is 6.92 Å². The fourth-order valence-corrected chi connectivity index (χ4v) is 5.41. The minimum Gasteiger partial charge on any atom is -0.376 e. The summed E-state index contributed by atoms with van der Waals surface area (Å²) in [6, 6.07) is 1.75. The summed E-state index contributed by atoms with van der Waals surface area (Å²) in [6.45, 7) is 9.96. The fourth-order valence-electron chi connectivity index (χ4n) is 2.36. The first-order valence-corrected chi connectivity index (χ1v) is 9.54. The Morgan fingerprint density at radius 1 is 1.52 bits per heavy atom. The Kier molecular flexibility index (Phi) is 5.10. The highest BCUT2D eigenvalue weighted by molar-refractivity contribution is 7.91. The molecule has 1 aromatic rings. The average Bonchev–Trinajstić information content (AvgIpc) is 2.91. The maximum absolute atomic E-state index is 12.6. The maximum atomic E-state index is 12.6. The van der Waals surface area contributed by atoms with Crippen molar-refractivity contribution >= 4 is 21.4 Å². The molecular formula is C14H24N2O3S2. The van der Waals surface area contributed by atoms with E-state index in [-0.39, 0.29) is 6.10 Å². The van der Waals surface area contributed by atoms with E-state index in [9.17, 15) is 8.42 Å². The summed E-state index contributed by atoms with van der Waals surface area (Å²) in [4.78, 5) is 1.07. The van der Waals surface area contributed by atoms with Gasteiger partial charge in [0.2, 0.25) is 0 Å². The van der Waals surface area contributed by atoms with Crippen LogP contribution in [0.5, 0.6) is 0 Å². The van der Waals surface area contributed by atoms with Gasteiger partial charge in [0.25, 0.3) is 10.0 Å². The molecule has 0 radical (unpaired) electrons. The van der Waals surface area contributed by atoms with Gasteiger partial charge < -0.3 is 10.1 Å². The number of nitrogens with one attached hydrogen (secondary N) is 2. The number of aryl methyl sites for hydroxylation is 1. The van der Waals surface area contributed by atoms with Gasteiger partial charge in [-0.2, -0.15) is 0 Å². The van der Waals surface area contributed by atoms with Gasteiger partial charge in [0.1, 0.15) is 4.21 Å². The van der Waals surface area contributed by atoms with E-state index in [4.69, 9.17) is 4.74 Å². The molecule has 120 valence electrons. The van der Waals surface area contributed by atoms with Crippen LogP contribution in [0.4, 0.5) is 0 Å². The summed E-state index contributed by atoms with van der Waals surface area (Å²) < 4.78 is 33.9. The topological polar surface area (TPSA) is 67.4 Å². The van der Waals surface area contributed by atoms with E-state index in [1.54, 1.807) is 6.07 Å². The van der Waals surface area contributed by atoms with Gasteiger partial charge >= 0.3 is 0 Å². The Labute approximate surface area is 131 Å². The Balaban J connectivity index is 2.20. The molecule has 7 heteroatoms. The summed E-state index contributed by atoms with van der Waals surface area (Å²) in [6.07, 6.45) is 0.580. The lowest BCUT2D eigenvalue weighted by Crippen LogP contribution is -2.50. The van der Waals surface area contributed by atoms with E-state index in [1.807, 2.05) is 27.7 Å². The van der Waals surface area contributed by atoms with Crippen LogP contribution in [0.15, 0.2) is 10.3 Å². The molecule has 2 rings (SSSR count). The Bertz CT molecular complexity index is 597. The molecule has 0 aromatic carbocycles. The van der Waals surface area contributed by atoms with Crippen molar-refractivity contribution in [3.63, 3.8) is 0 Å². The second-order valence-electron chi connectivity index (χ2n) is 5.74. The molecule has 1 aliphatic heterocycles. The zero-order chi connectivity index (χ0) is 15.7. The molecule has 2 unspecified atom stereocenters. The predicted molar refractivity (Wildman–Crippen MR) is 85.2 cm³/mol. The van der Waals surface area contributed by atoms with Gasteiger partial charge in [0.15, 0.2) is 0 Å².